The fourth-order valence-corrected chi connectivity index (χ4v) is 4.49. The van der Waals surface area contributed by atoms with Crippen LogP contribution in [0.5, 0.6) is 0 Å². The number of hydrogen-bond donors (Lipinski definition) is 1. The fourth-order valence-electron chi connectivity index (χ4n) is 4.49. The molecule has 0 unspecified atom stereocenters. The van der Waals surface area contributed by atoms with Crippen molar-refractivity contribution in [2.45, 2.75) is 26.1 Å². The van der Waals surface area contributed by atoms with Crippen molar-refractivity contribution in [2.24, 2.45) is 0 Å². The highest BCUT2D eigenvalue weighted by Crippen LogP contribution is 2.30. The van der Waals surface area contributed by atoms with E-state index in [4.69, 9.17) is 0 Å². The van der Waals surface area contributed by atoms with Crippen molar-refractivity contribution >= 4 is 34.3 Å². The summed E-state index contributed by atoms with van der Waals surface area (Å²) in [6.45, 7) is 1.42. The second-order valence-corrected chi connectivity index (χ2v) is 9.26. The summed E-state index contributed by atoms with van der Waals surface area (Å²) in [5.41, 5.74) is 3.27. The number of carbonyl (C=O) groups excluding carboxylic acids is 3. The van der Waals surface area contributed by atoms with Gasteiger partial charge in [-0.25, -0.2) is 9.07 Å². The van der Waals surface area contributed by atoms with Crippen molar-refractivity contribution in [1.82, 2.24) is 20.3 Å². The Morgan fingerprint density at radius 2 is 1.62 bits per heavy atom. The summed E-state index contributed by atoms with van der Waals surface area (Å²) >= 11 is 0. The van der Waals surface area contributed by atoms with E-state index in [9.17, 15) is 18.8 Å². The molecule has 9 heteroatoms. The Balaban J connectivity index is 1.58. The first kappa shape index (κ1) is 26.4. The van der Waals surface area contributed by atoms with Gasteiger partial charge in [0.1, 0.15) is 23.9 Å². The van der Waals surface area contributed by atoms with Gasteiger partial charge in [-0.1, -0.05) is 71.9 Å². The van der Waals surface area contributed by atoms with Gasteiger partial charge < -0.3 is 5.32 Å². The molecule has 1 N–H and O–H groups in total. The average Bonchev–Trinajstić information content (AvgIpc) is 3.38. The lowest BCUT2D eigenvalue weighted by Gasteiger charge is -2.32. The highest BCUT2D eigenvalue weighted by molar-refractivity contribution is 6.03. The van der Waals surface area contributed by atoms with Gasteiger partial charge in [0, 0.05) is 17.8 Å². The number of rotatable bonds is 9. The molecule has 1 atom stereocenters. The molecule has 0 aliphatic rings. The molecule has 0 bridgehead atoms. The molecule has 5 aromatic rings. The third kappa shape index (κ3) is 5.78. The SMILES string of the molecule is CC(=O)c1cccc(N(C(=O)Cn2nnc3ccccc32)[C@@H](C(=O)NCc2ccccc2)c2ccc(F)cc2)c1. The van der Waals surface area contributed by atoms with E-state index in [2.05, 4.69) is 15.6 Å². The maximum Gasteiger partial charge on any atom is 0.249 e. The number of para-hydroxylation sites is 1. The van der Waals surface area contributed by atoms with Crippen molar-refractivity contribution in [1.29, 1.82) is 0 Å². The Bertz CT molecular complexity index is 1670. The highest BCUT2D eigenvalue weighted by atomic mass is 19.1. The second-order valence-electron chi connectivity index (χ2n) is 9.26. The molecule has 1 aromatic heterocycles. The van der Waals surface area contributed by atoms with Crippen LogP contribution in [0, 0.1) is 5.82 Å². The third-order valence-corrected chi connectivity index (χ3v) is 6.51. The number of nitrogens with one attached hydrogen (secondary N) is 1. The molecule has 0 radical (unpaired) electrons. The largest absolute Gasteiger partial charge is 0.350 e. The van der Waals surface area contributed by atoms with Crippen molar-refractivity contribution in [3.05, 3.63) is 126 Å². The maximum atomic E-state index is 14.1. The lowest BCUT2D eigenvalue weighted by Crippen LogP contribution is -2.45. The number of benzene rings is 4. The van der Waals surface area contributed by atoms with Gasteiger partial charge in [-0.2, -0.15) is 0 Å². The number of aromatic nitrogens is 3. The van der Waals surface area contributed by atoms with Crippen LogP contribution in [0.4, 0.5) is 10.1 Å². The molecule has 5 rings (SSSR count). The Morgan fingerprint density at radius 3 is 2.38 bits per heavy atom. The zero-order chi connectivity index (χ0) is 28.1. The number of hydrogen-bond acceptors (Lipinski definition) is 5. The van der Waals surface area contributed by atoms with E-state index >= 15 is 0 Å². The van der Waals surface area contributed by atoms with Crippen LogP contribution >= 0.6 is 0 Å². The molecular weight excluding hydrogens is 509 g/mol. The van der Waals surface area contributed by atoms with Gasteiger partial charge in [-0.05, 0) is 54.4 Å². The Labute approximate surface area is 230 Å². The van der Waals surface area contributed by atoms with Gasteiger partial charge in [0.2, 0.25) is 11.8 Å². The number of halogens is 1. The van der Waals surface area contributed by atoms with Gasteiger partial charge >= 0.3 is 0 Å². The zero-order valence-electron chi connectivity index (χ0n) is 21.7. The number of amides is 2. The van der Waals surface area contributed by atoms with Crippen LogP contribution in [0.3, 0.4) is 0 Å². The van der Waals surface area contributed by atoms with Crippen LogP contribution in [0.1, 0.15) is 34.5 Å². The molecule has 4 aromatic carbocycles. The normalized spacial score (nSPS) is 11.7. The minimum absolute atomic E-state index is 0.191. The first-order valence-electron chi connectivity index (χ1n) is 12.7. The average molecular weight is 536 g/mol. The summed E-state index contributed by atoms with van der Waals surface area (Å²) in [5, 5.41) is 11.2. The molecule has 1 heterocycles. The van der Waals surface area contributed by atoms with Gasteiger partial charge in [0.25, 0.3) is 0 Å². The van der Waals surface area contributed by atoms with E-state index < -0.39 is 23.7 Å². The number of fused-ring (bicyclic) bond motifs is 1. The molecule has 2 amide bonds. The number of anilines is 1. The maximum absolute atomic E-state index is 14.1. The number of nitrogens with zero attached hydrogens (tertiary/aromatic N) is 4. The van der Waals surface area contributed by atoms with Crippen molar-refractivity contribution < 1.29 is 18.8 Å². The van der Waals surface area contributed by atoms with E-state index in [-0.39, 0.29) is 18.9 Å². The van der Waals surface area contributed by atoms with Gasteiger partial charge in [0.15, 0.2) is 5.78 Å². The van der Waals surface area contributed by atoms with E-state index in [1.807, 2.05) is 42.5 Å². The van der Waals surface area contributed by atoms with Crippen LogP contribution < -0.4 is 10.2 Å². The fraction of sp³-hybridized carbons (Fsp3) is 0.129. The molecule has 0 spiro atoms. The standard InChI is InChI=1S/C31H26FN5O3/c1-21(38)24-10-7-11-26(18-24)37(29(39)20-36-28-13-6-5-12-27(28)34-35-36)30(23-14-16-25(32)17-15-23)31(40)33-19-22-8-3-2-4-9-22/h2-18,30H,19-20H2,1H3,(H,33,40)/t30-/m1/s1. The van der Waals surface area contributed by atoms with Crippen molar-refractivity contribution in [3.63, 3.8) is 0 Å². The van der Waals surface area contributed by atoms with E-state index in [1.165, 1.54) is 40.8 Å². The minimum atomic E-state index is -1.17. The topological polar surface area (TPSA) is 97.2 Å². The molecule has 0 saturated carbocycles. The van der Waals surface area contributed by atoms with Gasteiger partial charge in [-0.3, -0.25) is 19.3 Å². The predicted octanol–water partition coefficient (Wildman–Crippen LogP) is 4.86. The van der Waals surface area contributed by atoms with Gasteiger partial charge in [-0.15, -0.1) is 5.10 Å². The van der Waals surface area contributed by atoms with Gasteiger partial charge in [0.05, 0.1) is 5.52 Å². The summed E-state index contributed by atoms with van der Waals surface area (Å²) in [6, 6.07) is 27.4. The smallest absolute Gasteiger partial charge is 0.249 e. The summed E-state index contributed by atoms with van der Waals surface area (Å²) in [7, 11) is 0. The molecule has 8 nitrogen and oxygen atoms in total. The first-order valence-corrected chi connectivity index (χ1v) is 12.7. The van der Waals surface area contributed by atoms with E-state index in [0.717, 1.165) is 5.56 Å². The molecular formula is C31H26FN5O3. The zero-order valence-corrected chi connectivity index (χ0v) is 21.7. The lowest BCUT2D eigenvalue weighted by molar-refractivity contribution is -0.127. The Morgan fingerprint density at radius 1 is 0.900 bits per heavy atom. The molecule has 0 fully saturated rings. The Hall–Kier alpha value is -5.18. The Kier molecular flexibility index (Phi) is 7.72. The van der Waals surface area contributed by atoms with Crippen LogP contribution in [0.25, 0.3) is 11.0 Å². The predicted molar refractivity (Wildman–Crippen MR) is 149 cm³/mol. The summed E-state index contributed by atoms with van der Waals surface area (Å²) in [5.74, 6) is -1.61. The van der Waals surface area contributed by atoms with E-state index in [0.29, 0.717) is 27.8 Å². The quantitative estimate of drug-likeness (QED) is 0.272. The minimum Gasteiger partial charge on any atom is -0.350 e. The molecule has 0 aliphatic carbocycles. The van der Waals surface area contributed by atoms with E-state index in [1.54, 1.807) is 36.4 Å². The number of Topliss-reactive ketones (excluding diaryl/α,β-unsaturated/α-hetero) is 1. The molecule has 0 aliphatic heterocycles. The third-order valence-electron chi connectivity index (χ3n) is 6.51. The summed E-state index contributed by atoms with van der Waals surface area (Å²) in [4.78, 5) is 41.5. The van der Waals surface area contributed by atoms with Crippen LogP contribution in [-0.2, 0) is 22.7 Å². The van der Waals surface area contributed by atoms with Crippen molar-refractivity contribution in [3.8, 4) is 0 Å². The second kappa shape index (κ2) is 11.7. The van der Waals surface area contributed by atoms with Crippen LogP contribution in [0.15, 0.2) is 103 Å². The molecule has 40 heavy (non-hydrogen) atoms. The number of ketones is 1. The lowest BCUT2D eigenvalue weighted by atomic mass is 10.0. The summed E-state index contributed by atoms with van der Waals surface area (Å²) in [6.07, 6.45) is 0. The molecule has 0 saturated heterocycles. The summed E-state index contributed by atoms with van der Waals surface area (Å²) < 4.78 is 15.4. The molecule has 200 valence electrons. The van der Waals surface area contributed by atoms with Crippen LogP contribution in [-0.4, -0.2) is 32.6 Å². The number of carbonyl (C=O) groups is 3. The van der Waals surface area contributed by atoms with Crippen LogP contribution in [0.2, 0.25) is 0 Å². The monoisotopic (exact) mass is 535 g/mol. The highest BCUT2D eigenvalue weighted by Gasteiger charge is 2.33. The van der Waals surface area contributed by atoms with Crippen molar-refractivity contribution in [2.75, 3.05) is 4.90 Å². The first-order chi connectivity index (χ1) is 19.4.